The van der Waals surface area contributed by atoms with E-state index in [4.69, 9.17) is 4.98 Å². The fourth-order valence-corrected chi connectivity index (χ4v) is 3.87. The van der Waals surface area contributed by atoms with Gasteiger partial charge in [-0.2, -0.15) is 0 Å². The molecule has 0 saturated carbocycles. The van der Waals surface area contributed by atoms with Crippen molar-refractivity contribution in [1.29, 1.82) is 0 Å². The summed E-state index contributed by atoms with van der Waals surface area (Å²) in [5.41, 5.74) is 4.41. The van der Waals surface area contributed by atoms with E-state index in [1.807, 2.05) is 26.0 Å². The van der Waals surface area contributed by atoms with Gasteiger partial charge in [-0.15, -0.1) is 0 Å². The molecule has 7 heteroatoms. The lowest BCUT2D eigenvalue weighted by molar-refractivity contribution is 0.0912. The minimum Gasteiger partial charge on any atom is -0.396 e. The first-order valence-corrected chi connectivity index (χ1v) is 10.8. The van der Waals surface area contributed by atoms with Crippen LogP contribution in [0.25, 0.3) is 22.4 Å². The maximum absolute atomic E-state index is 12.7. The lowest BCUT2D eigenvalue weighted by Crippen LogP contribution is -2.36. The molecule has 3 aromatic rings. The number of hydrogen-bond donors (Lipinski definition) is 3. The van der Waals surface area contributed by atoms with Crippen LogP contribution >= 0.6 is 0 Å². The van der Waals surface area contributed by atoms with Crippen LogP contribution in [-0.4, -0.2) is 52.2 Å². The van der Waals surface area contributed by atoms with Gasteiger partial charge < -0.3 is 20.3 Å². The van der Waals surface area contributed by atoms with Gasteiger partial charge in [0.05, 0.1) is 17.5 Å². The quantitative estimate of drug-likeness (QED) is 0.565. The Bertz CT molecular complexity index is 1100. The summed E-state index contributed by atoms with van der Waals surface area (Å²) in [4.78, 5) is 27.4. The van der Waals surface area contributed by atoms with Gasteiger partial charge >= 0.3 is 0 Å². The number of carbonyl (C=O) groups excluding carboxylic acids is 1. The summed E-state index contributed by atoms with van der Waals surface area (Å²) in [7, 11) is 0. The second-order valence-electron chi connectivity index (χ2n) is 10.0. The Hall–Kier alpha value is -2.93. The number of fused-ring (bicyclic) bond motifs is 1. The molecule has 7 nitrogen and oxygen atoms in total. The molecule has 3 N–H and O–H groups in total. The van der Waals surface area contributed by atoms with E-state index in [1.54, 1.807) is 12.4 Å². The van der Waals surface area contributed by atoms with Crippen molar-refractivity contribution >= 4 is 22.8 Å². The first-order chi connectivity index (χ1) is 14.7. The second-order valence-corrected chi connectivity index (χ2v) is 10.0. The average molecular weight is 422 g/mol. The molecule has 4 rings (SSSR count). The molecule has 0 unspecified atom stereocenters. The maximum Gasteiger partial charge on any atom is 0.255 e. The zero-order valence-corrected chi connectivity index (χ0v) is 18.7. The van der Waals surface area contributed by atoms with E-state index < -0.39 is 0 Å². The molecule has 1 aromatic carbocycles. The van der Waals surface area contributed by atoms with Crippen molar-refractivity contribution in [2.24, 2.45) is 10.8 Å². The molecule has 164 valence electrons. The highest BCUT2D eigenvalue weighted by Gasteiger charge is 2.29. The Labute approximate surface area is 182 Å². The number of benzene rings is 1. The third-order valence-corrected chi connectivity index (χ3v) is 5.97. The molecule has 1 aliphatic rings. The Morgan fingerprint density at radius 3 is 2.87 bits per heavy atom. The van der Waals surface area contributed by atoms with Gasteiger partial charge in [0, 0.05) is 49.1 Å². The molecule has 3 heterocycles. The number of nitrogens with one attached hydrogen (secondary N) is 2. The minimum atomic E-state index is -0.386. The summed E-state index contributed by atoms with van der Waals surface area (Å²) in [6, 6.07) is 8.35. The Kier molecular flexibility index (Phi) is 5.47. The topological polar surface area (TPSA) is 94.1 Å². The Morgan fingerprint density at radius 2 is 2.16 bits per heavy atom. The van der Waals surface area contributed by atoms with E-state index in [0.29, 0.717) is 28.7 Å². The molecule has 2 aromatic heterocycles. The van der Waals surface area contributed by atoms with E-state index in [2.05, 4.69) is 46.2 Å². The summed E-state index contributed by atoms with van der Waals surface area (Å²) >= 11 is 0. The van der Waals surface area contributed by atoms with Gasteiger partial charge in [-0.05, 0) is 24.0 Å². The molecule has 31 heavy (non-hydrogen) atoms. The van der Waals surface area contributed by atoms with Crippen LogP contribution in [0.5, 0.6) is 0 Å². The first kappa shape index (κ1) is 21.3. The van der Waals surface area contributed by atoms with Gasteiger partial charge in [-0.1, -0.05) is 39.8 Å². The third kappa shape index (κ3) is 4.56. The van der Waals surface area contributed by atoms with Crippen LogP contribution in [0, 0.1) is 10.8 Å². The highest BCUT2D eigenvalue weighted by atomic mass is 16.3. The van der Waals surface area contributed by atoms with Crippen LogP contribution in [0.4, 0.5) is 5.69 Å². The van der Waals surface area contributed by atoms with Gasteiger partial charge in [0.25, 0.3) is 5.91 Å². The van der Waals surface area contributed by atoms with Crippen molar-refractivity contribution in [2.45, 2.75) is 34.1 Å². The van der Waals surface area contributed by atoms with Crippen molar-refractivity contribution in [3.8, 4) is 11.3 Å². The van der Waals surface area contributed by atoms with E-state index in [-0.39, 0.29) is 17.9 Å². The number of aromatic nitrogens is 3. The lowest BCUT2D eigenvalue weighted by Gasteiger charge is -2.22. The van der Waals surface area contributed by atoms with E-state index in [9.17, 15) is 9.90 Å². The number of H-pyrrole nitrogens is 1. The molecule has 1 fully saturated rings. The second kappa shape index (κ2) is 7.96. The Balaban J connectivity index is 1.61. The monoisotopic (exact) mass is 421 g/mol. The van der Waals surface area contributed by atoms with Crippen molar-refractivity contribution < 1.29 is 9.90 Å². The number of anilines is 1. The van der Waals surface area contributed by atoms with Gasteiger partial charge in [-0.3, -0.25) is 4.79 Å². The van der Waals surface area contributed by atoms with Gasteiger partial charge in [-0.25, -0.2) is 9.97 Å². The van der Waals surface area contributed by atoms with Gasteiger partial charge in [0.15, 0.2) is 5.65 Å². The minimum absolute atomic E-state index is 0.00431. The zero-order chi connectivity index (χ0) is 22.2. The summed E-state index contributed by atoms with van der Waals surface area (Å²) in [5.74, 6) is -0.229. The third-order valence-electron chi connectivity index (χ3n) is 5.97. The number of carbonyl (C=O) groups is 1. The smallest absolute Gasteiger partial charge is 0.255 e. The number of aromatic amines is 1. The lowest BCUT2D eigenvalue weighted by atomic mass is 9.93. The van der Waals surface area contributed by atoms with Crippen LogP contribution in [-0.2, 0) is 0 Å². The standard InChI is InChI=1S/C24H31N5O2/c1-23(2)8-9-29(14-23)17-7-5-6-16(10-17)19-12-26-21-20(28-19)18(11-25-21)22(31)27-13-24(3,4)15-30/h5-7,10-12,30H,8-9,13-15H2,1-4H3,(H,25,26)(H,27,31). The van der Waals surface area contributed by atoms with Crippen LogP contribution in [0.2, 0.25) is 0 Å². The number of nitrogens with zero attached hydrogens (tertiary/aromatic N) is 3. The summed E-state index contributed by atoms with van der Waals surface area (Å²) < 4.78 is 0. The molecule has 0 spiro atoms. The fraction of sp³-hybridized carbons (Fsp3) is 0.458. The molecule has 0 atom stereocenters. The largest absolute Gasteiger partial charge is 0.396 e. The Morgan fingerprint density at radius 1 is 1.35 bits per heavy atom. The first-order valence-electron chi connectivity index (χ1n) is 10.8. The number of hydrogen-bond acceptors (Lipinski definition) is 5. The predicted octanol–water partition coefficient (Wildman–Crippen LogP) is 3.61. The SMILES string of the molecule is CC(C)(CO)CNC(=O)c1c[nH]c2ncc(-c3cccc(N4CCC(C)(C)C4)c3)nc12. The van der Waals surface area contributed by atoms with Gasteiger partial charge in [0.2, 0.25) is 0 Å². The number of aliphatic hydroxyl groups excluding tert-OH is 1. The molecular formula is C24H31N5O2. The molecule has 1 saturated heterocycles. The molecule has 0 bridgehead atoms. The summed E-state index contributed by atoms with van der Waals surface area (Å²) in [6.45, 7) is 10.9. The van der Waals surface area contributed by atoms with Crippen molar-refractivity contribution in [1.82, 2.24) is 20.3 Å². The molecular weight excluding hydrogens is 390 g/mol. The van der Waals surface area contributed by atoms with Crippen molar-refractivity contribution in [2.75, 3.05) is 31.1 Å². The van der Waals surface area contributed by atoms with Crippen LogP contribution < -0.4 is 10.2 Å². The van der Waals surface area contributed by atoms with Crippen LogP contribution in [0.1, 0.15) is 44.5 Å². The average Bonchev–Trinajstić information content (AvgIpc) is 3.34. The van der Waals surface area contributed by atoms with Crippen LogP contribution in [0.15, 0.2) is 36.7 Å². The van der Waals surface area contributed by atoms with Crippen LogP contribution in [0.3, 0.4) is 0 Å². The zero-order valence-electron chi connectivity index (χ0n) is 18.7. The van der Waals surface area contributed by atoms with E-state index >= 15 is 0 Å². The normalized spacial score (nSPS) is 16.1. The fourth-order valence-electron chi connectivity index (χ4n) is 3.87. The predicted molar refractivity (Wildman–Crippen MR) is 123 cm³/mol. The highest BCUT2D eigenvalue weighted by molar-refractivity contribution is 6.04. The van der Waals surface area contributed by atoms with Crippen molar-refractivity contribution in [3.63, 3.8) is 0 Å². The number of aliphatic hydroxyl groups is 1. The molecule has 1 amide bonds. The highest BCUT2D eigenvalue weighted by Crippen LogP contribution is 2.34. The van der Waals surface area contributed by atoms with Gasteiger partial charge in [0.1, 0.15) is 5.52 Å². The van der Waals surface area contributed by atoms with Crippen molar-refractivity contribution in [3.05, 3.63) is 42.2 Å². The summed E-state index contributed by atoms with van der Waals surface area (Å²) in [6.07, 6.45) is 4.55. The summed E-state index contributed by atoms with van der Waals surface area (Å²) in [5, 5.41) is 12.3. The molecule has 0 radical (unpaired) electrons. The van der Waals surface area contributed by atoms with E-state index in [0.717, 1.165) is 24.3 Å². The maximum atomic E-state index is 12.7. The molecule has 0 aliphatic carbocycles. The van der Waals surface area contributed by atoms with E-state index in [1.165, 1.54) is 12.1 Å². The number of rotatable bonds is 6. The number of amides is 1. The molecule has 1 aliphatic heterocycles.